The first-order chi connectivity index (χ1) is 14.6. The molecule has 0 radical (unpaired) electrons. The van der Waals surface area contributed by atoms with E-state index < -0.39 is 5.91 Å². The number of nitrogens with zero attached hydrogens (tertiary/aromatic N) is 4. The monoisotopic (exact) mass is 440 g/mol. The molecule has 0 atom stereocenters. The maximum absolute atomic E-state index is 12.4. The number of pyridine rings is 1. The van der Waals surface area contributed by atoms with Crippen LogP contribution in [0.5, 0.6) is 0 Å². The van der Waals surface area contributed by atoms with Crippen molar-refractivity contribution < 1.29 is 9.79 Å². The predicted octanol–water partition coefficient (Wildman–Crippen LogP) is 1.43. The summed E-state index contributed by atoms with van der Waals surface area (Å²) in [4.78, 5) is 20.0. The zero-order valence-corrected chi connectivity index (χ0v) is 18.3. The fourth-order valence-corrected chi connectivity index (χ4v) is 3.94. The van der Waals surface area contributed by atoms with E-state index in [4.69, 9.17) is 5.84 Å². The Labute approximate surface area is 182 Å². The van der Waals surface area contributed by atoms with Crippen LogP contribution in [0.4, 0.5) is 5.69 Å². The van der Waals surface area contributed by atoms with E-state index in [1.807, 2.05) is 49.4 Å². The Balaban J connectivity index is 1.60. The van der Waals surface area contributed by atoms with Crippen LogP contribution in [0.3, 0.4) is 0 Å². The summed E-state index contributed by atoms with van der Waals surface area (Å²) < 4.78 is 0. The number of nitrogens with one attached hydrogen (secondary N) is 2. The number of nitrogens with two attached hydrogens (primary N) is 1. The molecule has 4 N–H and O–H groups in total. The van der Waals surface area contributed by atoms with Gasteiger partial charge in [-0.15, -0.1) is 22.0 Å². The van der Waals surface area contributed by atoms with Crippen LogP contribution in [0.15, 0.2) is 52.6 Å². The van der Waals surface area contributed by atoms with E-state index in [0.29, 0.717) is 5.01 Å². The van der Waals surface area contributed by atoms with Crippen LogP contribution in [-0.4, -0.2) is 38.8 Å². The lowest BCUT2D eigenvalue weighted by atomic mass is 10.2. The molecule has 0 spiro atoms. The van der Waals surface area contributed by atoms with Gasteiger partial charge in [-0.25, -0.2) is 9.98 Å². The largest absolute Gasteiger partial charge is 0.344 e. The second-order valence-electron chi connectivity index (χ2n) is 6.07. The number of thioether (sulfide) groups is 1. The molecule has 2 heterocycles. The molecule has 3 aromatic rings. The molecule has 0 saturated heterocycles. The van der Waals surface area contributed by atoms with Crippen molar-refractivity contribution in [3.63, 3.8) is 0 Å². The van der Waals surface area contributed by atoms with Gasteiger partial charge >= 0.3 is 0 Å². The van der Waals surface area contributed by atoms with Gasteiger partial charge in [0.15, 0.2) is 0 Å². The third-order valence-electron chi connectivity index (χ3n) is 3.98. The smallest absolute Gasteiger partial charge is 0.278 e. The highest BCUT2D eigenvalue weighted by atomic mass is 32.2. The van der Waals surface area contributed by atoms with Gasteiger partial charge in [0, 0.05) is 11.6 Å². The van der Waals surface area contributed by atoms with Crippen molar-refractivity contribution >= 4 is 46.6 Å². The third kappa shape index (κ3) is 5.71. The van der Waals surface area contributed by atoms with Crippen molar-refractivity contribution in [2.24, 2.45) is 10.9 Å². The molecule has 0 saturated carbocycles. The molecule has 154 valence electrons. The number of hydrogen-bond acceptors (Lipinski definition) is 8. The van der Waals surface area contributed by atoms with Crippen LogP contribution in [0.1, 0.15) is 17.6 Å². The van der Waals surface area contributed by atoms with Crippen molar-refractivity contribution in [2.45, 2.75) is 25.4 Å². The zero-order chi connectivity index (χ0) is 21.3. The number of aromatic nitrogens is 3. The molecule has 30 heavy (non-hydrogen) atoms. The summed E-state index contributed by atoms with van der Waals surface area (Å²) in [6.07, 6.45) is 1.46. The number of hydrazone groups is 1. The predicted molar refractivity (Wildman–Crippen MR) is 121 cm³/mol. The van der Waals surface area contributed by atoms with Crippen molar-refractivity contribution in [1.29, 1.82) is 0 Å². The average molecular weight is 441 g/mol. The lowest BCUT2D eigenvalue weighted by molar-refractivity contribution is -0.346. The highest BCUT2D eigenvalue weighted by Gasteiger charge is 2.15. The van der Waals surface area contributed by atoms with E-state index >= 15 is 0 Å². The zero-order valence-electron chi connectivity index (χ0n) is 16.6. The van der Waals surface area contributed by atoms with Gasteiger partial charge in [0.25, 0.3) is 5.91 Å². The lowest BCUT2D eigenvalue weighted by Crippen LogP contribution is -2.64. The standard InChI is InChI=1S/C20H21N7OS2/c1-3-29-17-10-9-15(13(2)24-17)22-11-16(25-21)19(28)23-12-18-26-27-20(30-18)14-7-5-4-6-8-14/h4-11H,3,12,21H2,1-2H3,(H,23,28)/p+1/b22-11?,25-16+. The molecule has 2 aromatic heterocycles. The van der Waals surface area contributed by atoms with Crippen LogP contribution in [-0.2, 0) is 11.3 Å². The molecule has 10 heteroatoms. The van der Waals surface area contributed by atoms with Crippen molar-refractivity contribution in [2.75, 3.05) is 5.75 Å². The average Bonchev–Trinajstić information content (AvgIpc) is 3.24. The van der Waals surface area contributed by atoms with Crippen molar-refractivity contribution in [1.82, 2.24) is 20.5 Å². The highest BCUT2D eigenvalue weighted by Crippen LogP contribution is 2.22. The van der Waals surface area contributed by atoms with E-state index in [2.05, 4.69) is 37.5 Å². The Morgan fingerprint density at radius 2 is 2.07 bits per heavy atom. The number of aryl methyl sites for hydroxylation is 1. The summed E-state index contributed by atoms with van der Waals surface area (Å²) in [6.45, 7) is 4.21. The molecule has 0 aliphatic heterocycles. The Kier molecular flexibility index (Phi) is 7.63. The Hall–Kier alpha value is -3.11. The summed E-state index contributed by atoms with van der Waals surface area (Å²) in [5.74, 6) is 5.94. The molecule has 0 bridgehead atoms. The molecule has 1 aromatic carbocycles. The quantitative estimate of drug-likeness (QED) is 0.211. The lowest BCUT2D eigenvalue weighted by Gasteiger charge is -2.01. The number of hydrogen-bond donors (Lipinski definition) is 3. The molecule has 0 aliphatic rings. The Morgan fingerprint density at radius 3 is 2.77 bits per heavy atom. The first-order valence-electron chi connectivity index (χ1n) is 9.24. The summed E-state index contributed by atoms with van der Waals surface area (Å²) in [5, 5.41) is 17.1. The van der Waals surface area contributed by atoms with Crippen LogP contribution in [0, 0.1) is 6.92 Å². The van der Waals surface area contributed by atoms with Gasteiger partial charge in [-0.1, -0.05) is 48.6 Å². The molecule has 0 fully saturated rings. The minimum atomic E-state index is -0.412. The molecule has 3 rings (SSSR count). The highest BCUT2D eigenvalue weighted by molar-refractivity contribution is 7.99. The topological polar surface area (TPSA) is 120 Å². The van der Waals surface area contributed by atoms with Crippen LogP contribution in [0.25, 0.3) is 10.6 Å². The summed E-state index contributed by atoms with van der Waals surface area (Å²) >= 11 is 3.09. The molecule has 1 amide bonds. The minimum absolute atomic E-state index is 0.0641. The fraction of sp³-hybridized carbons (Fsp3) is 0.200. The molecular formula is C20H22N7OS2+. The number of amides is 1. The first-order valence-corrected chi connectivity index (χ1v) is 11.0. The normalized spacial score (nSPS) is 11.7. The molecule has 8 nitrogen and oxygen atoms in total. The van der Waals surface area contributed by atoms with Gasteiger partial charge in [-0.05, 0) is 18.7 Å². The van der Waals surface area contributed by atoms with Gasteiger partial charge in [-0.3, -0.25) is 4.79 Å². The fourth-order valence-electron chi connectivity index (χ4n) is 2.50. The van der Waals surface area contributed by atoms with Crippen molar-refractivity contribution in [3.05, 3.63) is 53.2 Å². The number of carbonyl (C=O) groups excluding carboxylic acids is 1. The van der Waals surface area contributed by atoms with Crippen LogP contribution >= 0.6 is 23.1 Å². The summed E-state index contributed by atoms with van der Waals surface area (Å²) in [6, 6.07) is 13.6. The second-order valence-corrected chi connectivity index (χ2v) is 8.41. The molecule has 0 unspecified atom stereocenters. The Morgan fingerprint density at radius 1 is 1.27 bits per heavy atom. The number of benzene rings is 1. The van der Waals surface area contributed by atoms with Gasteiger partial charge in [-0.2, -0.15) is 5.10 Å². The maximum atomic E-state index is 12.4. The van der Waals surface area contributed by atoms with E-state index in [9.17, 15) is 4.79 Å². The van der Waals surface area contributed by atoms with Gasteiger partial charge in [0.2, 0.25) is 17.6 Å². The van der Waals surface area contributed by atoms with E-state index in [-0.39, 0.29) is 12.3 Å². The van der Waals surface area contributed by atoms with E-state index in [1.165, 1.54) is 17.6 Å². The number of carbonyl (C=O) groups is 1. The third-order valence-corrected chi connectivity index (χ3v) is 5.76. The minimum Gasteiger partial charge on any atom is -0.344 e. The van der Waals surface area contributed by atoms with Gasteiger partial charge in [0.05, 0.1) is 11.6 Å². The Bertz CT molecular complexity index is 1060. The second kappa shape index (κ2) is 10.6. The van der Waals surface area contributed by atoms with Gasteiger partial charge < -0.3 is 11.2 Å². The summed E-state index contributed by atoms with van der Waals surface area (Å²) in [7, 11) is 0. The van der Waals surface area contributed by atoms with E-state index in [1.54, 1.807) is 11.8 Å². The summed E-state index contributed by atoms with van der Waals surface area (Å²) in [5.41, 5.74) is 2.65. The molecular weight excluding hydrogens is 418 g/mol. The molecule has 0 aliphatic carbocycles. The van der Waals surface area contributed by atoms with Crippen LogP contribution in [0.2, 0.25) is 0 Å². The maximum Gasteiger partial charge on any atom is 0.278 e. The van der Waals surface area contributed by atoms with Crippen molar-refractivity contribution in [3.8, 4) is 10.6 Å². The first kappa shape index (κ1) is 21.6. The van der Waals surface area contributed by atoms with Gasteiger partial charge in [0.1, 0.15) is 15.7 Å². The van der Waals surface area contributed by atoms with Crippen LogP contribution < -0.4 is 16.2 Å². The van der Waals surface area contributed by atoms with E-state index in [0.717, 1.165) is 32.7 Å². The SMILES string of the molecule is CCSc1ccc([NH+]=C/C(=N\N)C(=O)NCc2nnc(-c3ccccc3)s2)c(C)n1. The number of rotatable bonds is 8.